The van der Waals surface area contributed by atoms with Crippen molar-refractivity contribution < 1.29 is 0 Å². The molecule has 0 aliphatic carbocycles. The standard InChI is InChI=1S/C13H26/c1-6-12(7-2)13(8-3)10-9-11(4)5/h12-13H,4,6-10H2,1-3,5H3. The van der Waals surface area contributed by atoms with Gasteiger partial charge in [-0.2, -0.15) is 0 Å². The molecule has 0 aliphatic heterocycles. The fourth-order valence-electron chi connectivity index (χ4n) is 2.16. The minimum atomic E-state index is 0.923. The van der Waals surface area contributed by atoms with Crippen LogP contribution in [0.3, 0.4) is 0 Å². The molecule has 0 saturated carbocycles. The molecule has 1 unspecified atom stereocenters. The van der Waals surface area contributed by atoms with Crippen LogP contribution >= 0.6 is 0 Å². The molecule has 0 N–H and O–H groups in total. The first kappa shape index (κ1) is 12.7. The average molecular weight is 182 g/mol. The Balaban J connectivity index is 3.92. The van der Waals surface area contributed by atoms with Gasteiger partial charge in [0.2, 0.25) is 0 Å². The second-order valence-electron chi connectivity index (χ2n) is 4.24. The summed E-state index contributed by atoms with van der Waals surface area (Å²) in [6.07, 6.45) is 6.57. The van der Waals surface area contributed by atoms with Crippen LogP contribution in [0.25, 0.3) is 0 Å². The van der Waals surface area contributed by atoms with E-state index in [1.54, 1.807) is 0 Å². The van der Waals surface area contributed by atoms with Crippen molar-refractivity contribution in [2.45, 2.75) is 59.8 Å². The van der Waals surface area contributed by atoms with Gasteiger partial charge in [0.15, 0.2) is 0 Å². The van der Waals surface area contributed by atoms with E-state index >= 15 is 0 Å². The van der Waals surface area contributed by atoms with Gasteiger partial charge in [-0.05, 0) is 31.6 Å². The van der Waals surface area contributed by atoms with E-state index in [-0.39, 0.29) is 0 Å². The average Bonchev–Trinajstić information content (AvgIpc) is 2.11. The van der Waals surface area contributed by atoms with E-state index in [0.29, 0.717) is 0 Å². The fraction of sp³-hybridized carbons (Fsp3) is 0.846. The molecule has 0 aliphatic rings. The highest BCUT2D eigenvalue weighted by molar-refractivity contribution is 4.88. The van der Waals surface area contributed by atoms with E-state index in [1.165, 1.54) is 37.7 Å². The second-order valence-corrected chi connectivity index (χ2v) is 4.24. The van der Waals surface area contributed by atoms with Crippen LogP contribution in [0.4, 0.5) is 0 Å². The highest BCUT2D eigenvalue weighted by Gasteiger charge is 2.15. The van der Waals surface area contributed by atoms with Crippen LogP contribution in [0, 0.1) is 11.8 Å². The third-order valence-corrected chi connectivity index (χ3v) is 3.18. The lowest BCUT2D eigenvalue weighted by Crippen LogP contribution is -2.12. The summed E-state index contributed by atoms with van der Waals surface area (Å²) < 4.78 is 0. The Kier molecular flexibility index (Phi) is 7.03. The highest BCUT2D eigenvalue weighted by atomic mass is 14.2. The maximum absolute atomic E-state index is 3.97. The first-order valence-electron chi connectivity index (χ1n) is 5.79. The van der Waals surface area contributed by atoms with Crippen LogP contribution in [-0.2, 0) is 0 Å². The second kappa shape index (κ2) is 7.17. The molecule has 0 aromatic rings. The van der Waals surface area contributed by atoms with E-state index in [2.05, 4.69) is 34.3 Å². The zero-order valence-electron chi connectivity index (χ0n) is 9.90. The molecule has 0 radical (unpaired) electrons. The van der Waals surface area contributed by atoms with Gasteiger partial charge in [0.1, 0.15) is 0 Å². The molecule has 0 saturated heterocycles. The Labute approximate surface area is 84.4 Å². The molecule has 78 valence electrons. The summed E-state index contributed by atoms with van der Waals surface area (Å²) >= 11 is 0. The zero-order chi connectivity index (χ0) is 10.3. The first-order chi connectivity index (χ1) is 6.15. The molecule has 0 aromatic heterocycles. The first-order valence-corrected chi connectivity index (χ1v) is 5.79. The van der Waals surface area contributed by atoms with Crippen molar-refractivity contribution in [2.75, 3.05) is 0 Å². The van der Waals surface area contributed by atoms with Crippen molar-refractivity contribution in [3.05, 3.63) is 12.2 Å². The Morgan fingerprint density at radius 3 is 1.77 bits per heavy atom. The van der Waals surface area contributed by atoms with Crippen molar-refractivity contribution >= 4 is 0 Å². The van der Waals surface area contributed by atoms with Crippen molar-refractivity contribution in [3.8, 4) is 0 Å². The number of allylic oxidation sites excluding steroid dienone is 1. The molecule has 0 amide bonds. The Morgan fingerprint density at radius 2 is 1.46 bits per heavy atom. The zero-order valence-corrected chi connectivity index (χ0v) is 9.90. The van der Waals surface area contributed by atoms with E-state index in [9.17, 15) is 0 Å². The SMILES string of the molecule is C=C(C)CCC(CC)C(CC)CC. The van der Waals surface area contributed by atoms with Crippen molar-refractivity contribution in [1.82, 2.24) is 0 Å². The quantitative estimate of drug-likeness (QED) is 0.496. The third kappa shape index (κ3) is 5.13. The minimum Gasteiger partial charge on any atom is -0.100 e. The fourth-order valence-corrected chi connectivity index (χ4v) is 2.16. The topological polar surface area (TPSA) is 0 Å². The Hall–Kier alpha value is -0.260. The lowest BCUT2D eigenvalue weighted by atomic mass is 9.82. The normalized spacial score (nSPS) is 13.3. The van der Waals surface area contributed by atoms with Crippen LogP contribution in [0.15, 0.2) is 12.2 Å². The molecular formula is C13H26. The predicted molar refractivity (Wildman–Crippen MR) is 61.9 cm³/mol. The van der Waals surface area contributed by atoms with Crippen molar-refractivity contribution in [2.24, 2.45) is 11.8 Å². The Morgan fingerprint density at radius 1 is 1.00 bits per heavy atom. The van der Waals surface area contributed by atoms with Crippen LogP contribution in [0.1, 0.15) is 59.8 Å². The van der Waals surface area contributed by atoms with Crippen molar-refractivity contribution in [1.29, 1.82) is 0 Å². The van der Waals surface area contributed by atoms with Gasteiger partial charge < -0.3 is 0 Å². The number of hydrogen-bond acceptors (Lipinski definition) is 0. The summed E-state index contributed by atoms with van der Waals surface area (Å²) in [5.74, 6) is 1.86. The molecular weight excluding hydrogens is 156 g/mol. The number of rotatable bonds is 7. The molecule has 0 heterocycles. The van der Waals surface area contributed by atoms with Gasteiger partial charge in [0.25, 0.3) is 0 Å². The summed E-state index contributed by atoms with van der Waals surface area (Å²) in [5.41, 5.74) is 1.34. The van der Waals surface area contributed by atoms with Gasteiger partial charge in [-0.1, -0.05) is 45.6 Å². The van der Waals surface area contributed by atoms with Gasteiger partial charge in [-0.25, -0.2) is 0 Å². The molecule has 0 bridgehead atoms. The van der Waals surface area contributed by atoms with Gasteiger partial charge in [-0.15, -0.1) is 6.58 Å². The van der Waals surface area contributed by atoms with Gasteiger partial charge in [0.05, 0.1) is 0 Å². The molecule has 0 aromatic carbocycles. The van der Waals surface area contributed by atoms with Gasteiger partial charge >= 0.3 is 0 Å². The third-order valence-electron chi connectivity index (χ3n) is 3.18. The molecule has 0 spiro atoms. The largest absolute Gasteiger partial charge is 0.100 e. The van der Waals surface area contributed by atoms with E-state index in [1.807, 2.05) is 0 Å². The van der Waals surface area contributed by atoms with Crippen LogP contribution < -0.4 is 0 Å². The van der Waals surface area contributed by atoms with E-state index in [0.717, 1.165) is 11.8 Å². The molecule has 1 atom stereocenters. The summed E-state index contributed by atoms with van der Waals surface area (Å²) in [7, 11) is 0. The van der Waals surface area contributed by atoms with Crippen LogP contribution in [-0.4, -0.2) is 0 Å². The van der Waals surface area contributed by atoms with Gasteiger partial charge in [-0.3, -0.25) is 0 Å². The summed E-state index contributed by atoms with van der Waals surface area (Å²) in [4.78, 5) is 0. The summed E-state index contributed by atoms with van der Waals surface area (Å²) in [6.45, 7) is 13.1. The summed E-state index contributed by atoms with van der Waals surface area (Å²) in [5, 5.41) is 0. The lowest BCUT2D eigenvalue weighted by molar-refractivity contribution is 0.286. The number of hydrogen-bond donors (Lipinski definition) is 0. The molecule has 0 nitrogen and oxygen atoms in total. The van der Waals surface area contributed by atoms with Crippen LogP contribution in [0.2, 0.25) is 0 Å². The summed E-state index contributed by atoms with van der Waals surface area (Å²) in [6, 6.07) is 0. The Bertz CT molecular complexity index is 131. The van der Waals surface area contributed by atoms with Crippen LogP contribution in [0.5, 0.6) is 0 Å². The lowest BCUT2D eigenvalue weighted by Gasteiger charge is -2.24. The maximum Gasteiger partial charge on any atom is -0.0323 e. The van der Waals surface area contributed by atoms with E-state index in [4.69, 9.17) is 0 Å². The van der Waals surface area contributed by atoms with E-state index < -0.39 is 0 Å². The monoisotopic (exact) mass is 182 g/mol. The predicted octanol–water partition coefficient (Wildman–Crippen LogP) is 4.81. The molecule has 0 fully saturated rings. The highest BCUT2D eigenvalue weighted by Crippen LogP contribution is 2.27. The smallest absolute Gasteiger partial charge is 0.0323 e. The molecule has 0 heteroatoms. The minimum absolute atomic E-state index is 0.923. The maximum atomic E-state index is 3.97. The van der Waals surface area contributed by atoms with Gasteiger partial charge in [0, 0.05) is 0 Å². The molecule has 13 heavy (non-hydrogen) atoms. The molecule has 0 rings (SSSR count). The van der Waals surface area contributed by atoms with Crippen molar-refractivity contribution in [3.63, 3.8) is 0 Å².